The van der Waals surface area contributed by atoms with E-state index in [1.165, 1.54) is 0 Å². The van der Waals surface area contributed by atoms with Gasteiger partial charge in [-0.05, 0) is 43.7 Å². The Hall–Kier alpha value is -2.34. The topological polar surface area (TPSA) is 73.1 Å². The van der Waals surface area contributed by atoms with Crippen LogP contribution >= 0.6 is 11.3 Å². The second-order valence-corrected chi connectivity index (χ2v) is 5.67. The standard InChI is InChI=1S/C15H16N4OS/c1-3-20-11-4-5-12-13(7-11)21-15(18-12)19-14-9(2)6-10(16)8-17-14/h4-8H,3,16H2,1-2H3,(H,17,18,19). The van der Waals surface area contributed by atoms with Crippen LogP contribution < -0.4 is 15.8 Å². The molecule has 0 saturated carbocycles. The van der Waals surface area contributed by atoms with Gasteiger partial charge in [0.25, 0.3) is 0 Å². The Morgan fingerprint density at radius 3 is 2.95 bits per heavy atom. The van der Waals surface area contributed by atoms with E-state index < -0.39 is 0 Å². The zero-order valence-corrected chi connectivity index (χ0v) is 12.7. The molecule has 108 valence electrons. The molecule has 0 spiro atoms. The lowest BCUT2D eigenvalue weighted by atomic mass is 10.3. The molecule has 0 aliphatic rings. The summed E-state index contributed by atoms with van der Waals surface area (Å²) < 4.78 is 6.59. The summed E-state index contributed by atoms with van der Waals surface area (Å²) in [6.07, 6.45) is 1.63. The summed E-state index contributed by atoms with van der Waals surface area (Å²) in [6, 6.07) is 7.79. The van der Waals surface area contributed by atoms with Crippen LogP contribution in [-0.4, -0.2) is 16.6 Å². The van der Waals surface area contributed by atoms with Crippen molar-refractivity contribution >= 4 is 38.2 Å². The smallest absolute Gasteiger partial charge is 0.189 e. The van der Waals surface area contributed by atoms with Crippen molar-refractivity contribution in [1.29, 1.82) is 0 Å². The van der Waals surface area contributed by atoms with E-state index in [9.17, 15) is 0 Å². The maximum atomic E-state index is 5.71. The molecule has 0 bridgehead atoms. The predicted octanol–water partition coefficient (Wildman–Crippen LogP) is 3.72. The van der Waals surface area contributed by atoms with Crippen LogP contribution in [-0.2, 0) is 0 Å². The number of anilines is 3. The minimum atomic E-state index is 0.656. The average Bonchev–Trinajstić information content (AvgIpc) is 2.84. The zero-order valence-electron chi connectivity index (χ0n) is 11.9. The molecule has 0 aliphatic carbocycles. The van der Waals surface area contributed by atoms with Crippen LogP contribution in [0.5, 0.6) is 5.75 Å². The van der Waals surface area contributed by atoms with Gasteiger partial charge in [-0.2, -0.15) is 0 Å². The fourth-order valence-corrected chi connectivity index (χ4v) is 2.94. The lowest BCUT2D eigenvalue weighted by Crippen LogP contribution is -1.97. The molecule has 1 aromatic carbocycles. The maximum absolute atomic E-state index is 5.71. The molecule has 0 unspecified atom stereocenters. The van der Waals surface area contributed by atoms with Crippen LogP contribution in [0.15, 0.2) is 30.5 Å². The molecule has 21 heavy (non-hydrogen) atoms. The second-order valence-electron chi connectivity index (χ2n) is 4.64. The third-order valence-corrected chi connectivity index (χ3v) is 3.93. The Morgan fingerprint density at radius 2 is 2.19 bits per heavy atom. The molecule has 0 amide bonds. The van der Waals surface area contributed by atoms with E-state index in [4.69, 9.17) is 10.5 Å². The van der Waals surface area contributed by atoms with Gasteiger partial charge in [-0.1, -0.05) is 11.3 Å². The van der Waals surface area contributed by atoms with Gasteiger partial charge in [0, 0.05) is 0 Å². The molecule has 3 rings (SSSR count). The van der Waals surface area contributed by atoms with Crippen molar-refractivity contribution in [3.8, 4) is 5.75 Å². The molecule has 5 nitrogen and oxygen atoms in total. The number of pyridine rings is 1. The third kappa shape index (κ3) is 2.90. The number of benzene rings is 1. The first-order valence-corrected chi connectivity index (χ1v) is 7.50. The van der Waals surface area contributed by atoms with Gasteiger partial charge in [-0.3, -0.25) is 0 Å². The number of nitrogen functional groups attached to an aromatic ring is 1. The van der Waals surface area contributed by atoms with E-state index in [1.807, 2.05) is 38.1 Å². The maximum Gasteiger partial charge on any atom is 0.189 e. The van der Waals surface area contributed by atoms with Gasteiger partial charge in [0.05, 0.1) is 28.7 Å². The molecule has 2 aromatic heterocycles. The molecule has 0 fully saturated rings. The lowest BCUT2D eigenvalue weighted by molar-refractivity contribution is 0.341. The van der Waals surface area contributed by atoms with E-state index in [0.717, 1.165) is 32.5 Å². The molecular weight excluding hydrogens is 284 g/mol. The van der Waals surface area contributed by atoms with Crippen molar-refractivity contribution in [3.63, 3.8) is 0 Å². The summed E-state index contributed by atoms with van der Waals surface area (Å²) in [4.78, 5) is 8.85. The van der Waals surface area contributed by atoms with Gasteiger partial charge in [0.15, 0.2) is 5.13 Å². The number of thiazole rings is 1. The van der Waals surface area contributed by atoms with Gasteiger partial charge in [0.1, 0.15) is 11.6 Å². The summed E-state index contributed by atoms with van der Waals surface area (Å²) in [7, 11) is 0. The van der Waals surface area contributed by atoms with Gasteiger partial charge in [-0.25, -0.2) is 9.97 Å². The number of aryl methyl sites for hydroxylation is 1. The fourth-order valence-electron chi connectivity index (χ4n) is 2.04. The molecular formula is C15H16N4OS. The fraction of sp³-hybridized carbons (Fsp3) is 0.200. The highest BCUT2D eigenvalue weighted by atomic mass is 32.1. The van der Waals surface area contributed by atoms with Crippen LogP contribution in [0.1, 0.15) is 12.5 Å². The van der Waals surface area contributed by atoms with Crippen molar-refractivity contribution in [3.05, 3.63) is 36.0 Å². The second kappa shape index (κ2) is 5.57. The largest absolute Gasteiger partial charge is 0.494 e. The number of rotatable bonds is 4. The van der Waals surface area contributed by atoms with Crippen LogP contribution in [0.3, 0.4) is 0 Å². The summed E-state index contributed by atoms with van der Waals surface area (Å²) in [5.41, 5.74) is 8.30. The van der Waals surface area contributed by atoms with E-state index in [1.54, 1.807) is 17.5 Å². The number of fused-ring (bicyclic) bond motifs is 1. The van der Waals surface area contributed by atoms with Crippen molar-refractivity contribution in [2.75, 3.05) is 17.7 Å². The first-order chi connectivity index (χ1) is 10.2. The van der Waals surface area contributed by atoms with E-state index in [-0.39, 0.29) is 0 Å². The number of hydrogen-bond acceptors (Lipinski definition) is 6. The predicted molar refractivity (Wildman–Crippen MR) is 87.5 cm³/mol. The quantitative estimate of drug-likeness (QED) is 0.768. The average molecular weight is 300 g/mol. The molecule has 0 radical (unpaired) electrons. The first-order valence-electron chi connectivity index (χ1n) is 6.68. The molecule has 0 atom stereocenters. The number of nitrogens with two attached hydrogens (primary N) is 1. The van der Waals surface area contributed by atoms with Crippen LogP contribution in [0.2, 0.25) is 0 Å². The molecule has 3 N–H and O–H groups in total. The summed E-state index contributed by atoms with van der Waals surface area (Å²) in [5, 5.41) is 4.04. The normalized spacial score (nSPS) is 10.8. The zero-order chi connectivity index (χ0) is 14.8. The number of hydrogen-bond donors (Lipinski definition) is 2. The van der Waals surface area contributed by atoms with Crippen LogP contribution in [0, 0.1) is 6.92 Å². The molecule has 2 heterocycles. The van der Waals surface area contributed by atoms with Gasteiger partial charge < -0.3 is 15.8 Å². The van der Waals surface area contributed by atoms with E-state index in [0.29, 0.717) is 12.3 Å². The summed E-state index contributed by atoms with van der Waals surface area (Å²) in [6.45, 7) is 4.59. The third-order valence-electron chi connectivity index (χ3n) is 3.00. The van der Waals surface area contributed by atoms with Gasteiger partial charge >= 0.3 is 0 Å². The molecule has 3 aromatic rings. The number of ether oxygens (including phenoxy) is 1. The van der Waals surface area contributed by atoms with E-state index >= 15 is 0 Å². The molecule has 6 heteroatoms. The number of nitrogens with zero attached hydrogens (tertiary/aromatic N) is 2. The molecule has 0 saturated heterocycles. The Morgan fingerprint density at radius 1 is 1.33 bits per heavy atom. The van der Waals surface area contributed by atoms with Crippen LogP contribution in [0.25, 0.3) is 10.2 Å². The Kier molecular flexibility index (Phi) is 3.62. The monoisotopic (exact) mass is 300 g/mol. The van der Waals surface area contributed by atoms with Crippen molar-refractivity contribution in [1.82, 2.24) is 9.97 Å². The van der Waals surface area contributed by atoms with Crippen molar-refractivity contribution < 1.29 is 4.74 Å². The number of nitrogens with one attached hydrogen (secondary N) is 1. The number of aromatic nitrogens is 2. The highest BCUT2D eigenvalue weighted by Gasteiger charge is 2.07. The Balaban J connectivity index is 1.90. The van der Waals surface area contributed by atoms with Gasteiger partial charge in [-0.15, -0.1) is 0 Å². The Labute approximate surface area is 126 Å². The SMILES string of the molecule is CCOc1ccc2nc(Nc3ncc(N)cc3C)sc2c1. The highest BCUT2D eigenvalue weighted by molar-refractivity contribution is 7.22. The minimum absolute atomic E-state index is 0.656. The summed E-state index contributed by atoms with van der Waals surface area (Å²) >= 11 is 1.57. The highest BCUT2D eigenvalue weighted by Crippen LogP contribution is 2.31. The van der Waals surface area contributed by atoms with Gasteiger partial charge in [0.2, 0.25) is 0 Å². The molecule has 0 aliphatic heterocycles. The minimum Gasteiger partial charge on any atom is -0.494 e. The Bertz CT molecular complexity index is 784. The van der Waals surface area contributed by atoms with Crippen LogP contribution in [0.4, 0.5) is 16.6 Å². The summed E-state index contributed by atoms with van der Waals surface area (Å²) in [5.74, 6) is 1.63. The lowest BCUT2D eigenvalue weighted by Gasteiger charge is -2.05. The first kappa shape index (κ1) is 13.6. The van der Waals surface area contributed by atoms with E-state index in [2.05, 4.69) is 15.3 Å². The van der Waals surface area contributed by atoms with Crippen molar-refractivity contribution in [2.45, 2.75) is 13.8 Å². The van der Waals surface area contributed by atoms with Crippen molar-refractivity contribution in [2.24, 2.45) is 0 Å².